The van der Waals surface area contributed by atoms with Crippen molar-refractivity contribution in [2.24, 2.45) is 0 Å². The van der Waals surface area contributed by atoms with Crippen LogP contribution in [0.2, 0.25) is 0 Å². The lowest BCUT2D eigenvalue weighted by molar-refractivity contribution is -0.133. The van der Waals surface area contributed by atoms with Crippen molar-refractivity contribution in [3.05, 3.63) is 58.8 Å². The first-order valence-electron chi connectivity index (χ1n) is 9.29. The Morgan fingerprint density at radius 2 is 2.18 bits per heavy atom. The second kappa shape index (κ2) is 7.98. The summed E-state index contributed by atoms with van der Waals surface area (Å²) in [5, 5.41) is 4.82. The standard InChI is InChI=1S/C21H21N3O3S/c1-14-19(23-21(27-14)17-8-5-11-28-17)20(26)22-16-7-4-6-15(12-16)13-24-10-3-2-9-18(24)25/h4-8,11-12H,2-3,9-10,13H2,1H3,(H,22,26). The maximum absolute atomic E-state index is 12.7. The van der Waals surface area contributed by atoms with Crippen molar-refractivity contribution in [1.82, 2.24) is 9.88 Å². The minimum atomic E-state index is -0.310. The van der Waals surface area contributed by atoms with Gasteiger partial charge in [0.2, 0.25) is 11.8 Å². The molecule has 1 saturated heterocycles. The first kappa shape index (κ1) is 18.4. The van der Waals surface area contributed by atoms with E-state index in [1.165, 1.54) is 11.3 Å². The molecule has 1 fully saturated rings. The minimum absolute atomic E-state index is 0.194. The monoisotopic (exact) mass is 395 g/mol. The number of carbonyl (C=O) groups excluding carboxylic acids is 2. The number of hydrogen-bond acceptors (Lipinski definition) is 5. The van der Waals surface area contributed by atoms with E-state index in [9.17, 15) is 9.59 Å². The fourth-order valence-corrected chi connectivity index (χ4v) is 3.95. The van der Waals surface area contributed by atoms with Gasteiger partial charge < -0.3 is 14.6 Å². The number of oxazole rings is 1. The van der Waals surface area contributed by atoms with Crippen LogP contribution in [0.15, 0.2) is 46.2 Å². The molecule has 2 amide bonds. The van der Waals surface area contributed by atoms with Crippen molar-refractivity contribution >= 4 is 28.8 Å². The Labute approximate surface area is 167 Å². The number of benzene rings is 1. The van der Waals surface area contributed by atoms with Crippen LogP contribution >= 0.6 is 11.3 Å². The van der Waals surface area contributed by atoms with Crippen LogP contribution in [0.25, 0.3) is 10.8 Å². The predicted molar refractivity (Wildman–Crippen MR) is 108 cm³/mol. The highest BCUT2D eigenvalue weighted by atomic mass is 32.1. The number of rotatable bonds is 5. The van der Waals surface area contributed by atoms with Gasteiger partial charge in [-0.25, -0.2) is 4.98 Å². The molecule has 0 bridgehead atoms. The van der Waals surface area contributed by atoms with Gasteiger partial charge in [-0.2, -0.15) is 0 Å². The maximum Gasteiger partial charge on any atom is 0.277 e. The van der Waals surface area contributed by atoms with Gasteiger partial charge in [0.25, 0.3) is 5.91 Å². The van der Waals surface area contributed by atoms with E-state index in [1.807, 2.05) is 46.7 Å². The molecule has 3 heterocycles. The first-order chi connectivity index (χ1) is 13.6. The molecule has 0 radical (unpaired) electrons. The van der Waals surface area contributed by atoms with E-state index in [-0.39, 0.29) is 17.5 Å². The predicted octanol–water partition coefficient (Wildman–Crippen LogP) is 4.48. The van der Waals surface area contributed by atoms with Crippen molar-refractivity contribution < 1.29 is 14.0 Å². The number of piperidine rings is 1. The molecular weight excluding hydrogens is 374 g/mol. The summed E-state index contributed by atoms with van der Waals surface area (Å²) in [4.78, 5) is 31.8. The molecule has 7 heteroatoms. The van der Waals surface area contributed by atoms with Gasteiger partial charge in [0.15, 0.2) is 5.69 Å². The molecule has 4 rings (SSSR count). The Balaban J connectivity index is 1.47. The van der Waals surface area contributed by atoms with E-state index in [1.54, 1.807) is 6.92 Å². The van der Waals surface area contributed by atoms with Crippen molar-refractivity contribution in [3.8, 4) is 10.8 Å². The van der Waals surface area contributed by atoms with Crippen molar-refractivity contribution in [2.75, 3.05) is 11.9 Å². The molecule has 0 spiro atoms. The van der Waals surface area contributed by atoms with Crippen LogP contribution in [-0.4, -0.2) is 28.2 Å². The van der Waals surface area contributed by atoms with Crippen LogP contribution in [0.3, 0.4) is 0 Å². The Hall–Kier alpha value is -2.93. The summed E-state index contributed by atoms with van der Waals surface area (Å²) >= 11 is 1.51. The SMILES string of the molecule is Cc1oc(-c2cccs2)nc1C(=O)Nc1cccc(CN2CCCCC2=O)c1. The van der Waals surface area contributed by atoms with Crippen molar-refractivity contribution in [3.63, 3.8) is 0 Å². The zero-order valence-electron chi connectivity index (χ0n) is 15.6. The molecule has 28 heavy (non-hydrogen) atoms. The maximum atomic E-state index is 12.7. The van der Waals surface area contributed by atoms with Gasteiger partial charge >= 0.3 is 0 Å². The number of amides is 2. The number of anilines is 1. The van der Waals surface area contributed by atoms with Crippen LogP contribution in [0.5, 0.6) is 0 Å². The fraction of sp³-hybridized carbons (Fsp3) is 0.286. The van der Waals surface area contributed by atoms with Crippen LogP contribution in [-0.2, 0) is 11.3 Å². The number of carbonyl (C=O) groups is 2. The number of likely N-dealkylation sites (tertiary alicyclic amines) is 1. The molecule has 0 atom stereocenters. The van der Waals surface area contributed by atoms with E-state index in [2.05, 4.69) is 10.3 Å². The van der Waals surface area contributed by atoms with Crippen LogP contribution in [0.1, 0.15) is 41.1 Å². The van der Waals surface area contributed by atoms with E-state index in [0.717, 1.165) is 29.8 Å². The van der Waals surface area contributed by atoms with Gasteiger partial charge in [0.1, 0.15) is 5.76 Å². The summed E-state index contributed by atoms with van der Waals surface area (Å²) in [6, 6.07) is 11.4. The quantitative estimate of drug-likeness (QED) is 0.691. The normalized spacial score (nSPS) is 14.3. The molecule has 6 nitrogen and oxygen atoms in total. The average Bonchev–Trinajstić information content (AvgIpc) is 3.33. The molecular formula is C21H21N3O3S. The molecule has 144 valence electrons. The number of nitrogens with zero attached hydrogens (tertiary/aromatic N) is 2. The van der Waals surface area contributed by atoms with Crippen LogP contribution < -0.4 is 5.32 Å². The average molecular weight is 395 g/mol. The fourth-order valence-electron chi connectivity index (χ4n) is 3.30. The highest BCUT2D eigenvalue weighted by Crippen LogP contribution is 2.26. The molecule has 0 aliphatic carbocycles. The summed E-state index contributed by atoms with van der Waals surface area (Å²) in [6.07, 6.45) is 2.63. The Morgan fingerprint density at radius 3 is 2.96 bits per heavy atom. The third-order valence-electron chi connectivity index (χ3n) is 4.72. The Bertz CT molecular complexity index is 994. The molecule has 1 aromatic carbocycles. The molecule has 0 unspecified atom stereocenters. The second-order valence-corrected chi connectivity index (χ2v) is 7.78. The Morgan fingerprint density at radius 1 is 1.29 bits per heavy atom. The van der Waals surface area contributed by atoms with E-state index < -0.39 is 0 Å². The topological polar surface area (TPSA) is 75.4 Å². The van der Waals surface area contributed by atoms with Gasteiger partial charge in [-0.3, -0.25) is 9.59 Å². The number of hydrogen-bond donors (Lipinski definition) is 1. The van der Waals surface area contributed by atoms with Gasteiger partial charge in [-0.05, 0) is 48.9 Å². The number of nitrogens with one attached hydrogen (secondary N) is 1. The van der Waals surface area contributed by atoms with Crippen LogP contribution in [0, 0.1) is 6.92 Å². The number of aryl methyl sites for hydroxylation is 1. The zero-order chi connectivity index (χ0) is 19.5. The minimum Gasteiger partial charge on any atom is -0.440 e. The summed E-state index contributed by atoms with van der Waals surface area (Å²) in [6.45, 7) is 3.09. The van der Waals surface area contributed by atoms with E-state index >= 15 is 0 Å². The number of thiophene rings is 1. The van der Waals surface area contributed by atoms with Crippen LogP contribution in [0.4, 0.5) is 5.69 Å². The molecule has 1 N–H and O–H groups in total. The lowest BCUT2D eigenvalue weighted by atomic mass is 10.1. The third kappa shape index (κ3) is 3.99. The third-order valence-corrected chi connectivity index (χ3v) is 5.58. The highest BCUT2D eigenvalue weighted by Gasteiger charge is 2.20. The Kier molecular flexibility index (Phi) is 5.25. The number of aromatic nitrogens is 1. The van der Waals surface area contributed by atoms with Gasteiger partial charge in [-0.1, -0.05) is 18.2 Å². The summed E-state index contributed by atoms with van der Waals surface area (Å²) in [5.74, 6) is 0.821. The van der Waals surface area contributed by atoms with Gasteiger partial charge in [0.05, 0.1) is 4.88 Å². The van der Waals surface area contributed by atoms with E-state index in [0.29, 0.717) is 30.3 Å². The van der Waals surface area contributed by atoms with Crippen molar-refractivity contribution in [2.45, 2.75) is 32.7 Å². The smallest absolute Gasteiger partial charge is 0.277 e. The summed E-state index contributed by atoms with van der Waals surface area (Å²) < 4.78 is 5.65. The molecule has 1 aliphatic rings. The first-order valence-corrected chi connectivity index (χ1v) is 10.2. The van der Waals surface area contributed by atoms with E-state index in [4.69, 9.17) is 4.42 Å². The molecule has 0 saturated carbocycles. The highest BCUT2D eigenvalue weighted by molar-refractivity contribution is 7.13. The lowest BCUT2D eigenvalue weighted by Crippen LogP contribution is -2.34. The van der Waals surface area contributed by atoms with Gasteiger partial charge in [0, 0.05) is 25.2 Å². The largest absolute Gasteiger partial charge is 0.440 e. The lowest BCUT2D eigenvalue weighted by Gasteiger charge is -2.26. The zero-order valence-corrected chi connectivity index (χ0v) is 16.4. The molecule has 3 aromatic rings. The second-order valence-electron chi connectivity index (χ2n) is 6.83. The molecule has 2 aromatic heterocycles. The van der Waals surface area contributed by atoms with Crippen molar-refractivity contribution in [1.29, 1.82) is 0 Å². The summed E-state index contributed by atoms with van der Waals surface area (Å²) in [5.41, 5.74) is 1.94. The van der Waals surface area contributed by atoms with Gasteiger partial charge in [-0.15, -0.1) is 11.3 Å². The summed E-state index contributed by atoms with van der Waals surface area (Å²) in [7, 11) is 0. The molecule has 1 aliphatic heterocycles.